The number of rotatable bonds is 7. The van der Waals surface area contributed by atoms with Gasteiger partial charge in [-0.05, 0) is 49.0 Å². The Morgan fingerprint density at radius 2 is 2.06 bits per heavy atom. The van der Waals surface area contributed by atoms with Crippen LogP contribution >= 0.6 is 11.3 Å². The van der Waals surface area contributed by atoms with Gasteiger partial charge in [0.15, 0.2) is 0 Å². The lowest BCUT2D eigenvalue weighted by molar-refractivity contribution is -0.117. The molecule has 4 rings (SSSR count). The van der Waals surface area contributed by atoms with Gasteiger partial charge in [0.25, 0.3) is 0 Å². The lowest BCUT2D eigenvalue weighted by Crippen LogP contribution is -2.40. The molecule has 0 aliphatic carbocycles. The van der Waals surface area contributed by atoms with E-state index in [1.165, 1.54) is 28.4 Å². The minimum absolute atomic E-state index is 0.128. The molecule has 2 fully saturated rings. The SMILES string of the molecule is COc1ccc(S(=O)(=O)N2CCOCC2)cc1NC(=O)CN1CCC[C@H]1c1cccs1. The molecule has 2 aromatic rings. The summed E-state index contributed by atoms with van der Waals surface area (Å²) in [4.78, 5) is 16.4. The van der Waals surface area contributed by atoms with Gasteiger partial charge in [-0.3, -0.25) is 9.69 Å². The maximum absolute atomic E-state index is 13.0. The molecule has 3 heterocycles. The molecule has 1 N–H and O–H groups in total. The van der Waals surface area contributed by atoms with Gasteiger partial charge in [0.2, 0.25) is 15.9 Å². The molecule has 2 saturated heterocycles. The Hall–Kier alpha value is -1.98. The summed E-state index contributed by atoms with van der Waals surface area (Å²) < 4.78 is 38.0. The second-order valence-corrected chi connectivity index (χ2v) is 10.5. The van der Waals surface area contributed by atoms with Gasteiger partial charge in [-0.1, -0.05) is 6.07 Å². The lowest BCUT2D eigenvalue weighted by Gasteiger charge is -2.26. The van der Waals surface area contributed by atoms with Crippen LogP contribution in [-0.4, -0.2) is 70.0 Å². The van der Waals surface area contributed by atoms with Crippen LogP contribution in [0.15, 0.2) is 40.6 Å². The molecule has 0 radical (unpaired) electrons. The number of nitrogens with zero attached hydrogens (tertiary/aromatic N) is 2. The summed E-state index contributed by atoms with van der Waals surface area (Å²) in [6.45, 7) is 2.48. The van der Waals surface area contributed by atoms with Gasteiger partial charge >= 0.3 is 0 Å². The number of hydrogen-bond acceptors (Lipinski definition) is 7. The monoisotopic (exact) mass is 465 g/mol. The second-order valence-electron chi connectivity index (χ2n) is 7.57. The molecule has 1 amide bonds. The molecule has 2 aliphatic heterocycles. The van der Waals surface area contributed by atoms with E-state index in [1.807, 2.05) is 6.07 Å². The van der Waals surface area contributed by atoms with Crippen LogP contribution in [0.3, 0.4) is 0 Å². The quantitative estimate of drug-likeness (QED) is 0.676. The van der Waals surface area contributed by atoms with Crippen LogP contribution in [0.25, 0.3) is 0 Å². The molecular weight excluding hydrogens is 438 g/mol. The number of nitrogens with one attached hydrogen (secondary N) is 1. The van der Waals surface area contributed by atoms with Crippen molar-refractivity contribution in [1.29, 1.82) is 0 Å². The smallest absolute Gasteiger partial charge is 0.243 e. The minimum atomic E-state index is -3.67. The van der Waals surface area contributed by atoms with Gasteiger partial charge in [0, 0.05) is 24.0 Å². The van der Waals surface area contributed by atoms with E-state index in [-0.39, 0.29) is 23.4 Å². The number of anilines is 1. The Morgan fingerprint density at radius 3 is 2.77 bits per heavy atom. The number of likely N-dealkylation sites (tertiary alicyclic amines) is 1. The summed E-state index contributed by atoms with van der Waals surface area (Å²) in [5.41, 5.74) is 0.355. The first-order valence-corrected chi connectivity index (χ1v) is 12.6. The van der Waals surface area contributed by atoms with E-state index in [1.54, 1.807) is 17.4 Å². The fraction of sp³-hybridized carbons (Fsp3) is 0.476. The van der Waals surface area contributed by atoms with E-state index in [0.29, 0.717) is 37.7 Å². The van der Waals surface area contributed by atoms with Crippen LogP contribution in [0.5, 0.6) is 5.75 Å². The van der Waals surface area contributed by atoms with Crippen LogP contribution in [-0.2, 0) is 19.6 Å². The van der Waals surface area contributed by atoms with Gasteiger partial charge in [-0.15, -0.1) is 11.3 Å². The number of carbonyl (C=O) groups is 1. The second kappa shape index (κ2) is 9.66. The van der Waals surface area contributed by atoms with E-state index in [4.69, 9.17) is 9.47 Å². The highest BCUT2D eigenvalue weighted by atomic mass is 32.2. The minimum Gasteiger partial charge on any atom is -0.495 e. The highest BCUT2D eigenvalue weighted by Crippen LogP contribution is 2.34. The third kappa shape index (κ3) is 4.93. The molecule has 2 aliphatic rings. The Bertz CT molecular complexity index is 1000. The zero-order chi connectivity index (χ0) is 21.8. The fourth-order valence-electron chi connectivity index (χ4n) is 4.07. The van der Waals surface area contributed by atoms with Crippen molar-refractivity contribution in [2.75, 3.05) is 51.8 Å². The summed E-state index contributed by atoms with van der Waals surface area (Å²) in [5.74, 6) is 0.230. The van der Waals surface area contributed by atoms with Gasteiger partial charge < -0.3 is 14.8 Å². The largest absolute Gasteiger partial charge is 0.495 e. The van der Waals surface area contributed by atoms with Gasteiger partial charge in [-0.2, -0.15) is 4.31 Å². The number of ether oxygens (including phenoxy) is 2. The molecule has 1 aromatic carbocycles. The molecule has 0 bridgehead atoms. The summed E-state index contributed by atoms with van der Waals surface area (Å²) >= 11 is 1.71. The van der Waals surface area contributed by atoms with Gasteiger partial charge in [0.1, 0.15) is 5.75 Å². The average molecular weight is 466 g/mol. The van der Waals surface area contributed by atoms with Crippen molar-refractivity contribution < 1.29 is 22.7 Å². The van der Waals surface area contributed by atoms with Crippen molar-refractivity contribution in [3.8, 4) is 5.75 Å². The maximum Gasteiger partial charge on any atom is 0.243 e. The number of thiophene rings is 1. The Labute approximate surface area is 186 Å². The number of methoxy groups -OCH3 is 1. The number of carbonyl (C=O) groups excluding carboxylic acids is 1. The molecule has 0 unspecified atom stereocenters. The first kappa shape index (κ1) is 22.2. The summed E-state index contributed by atoms with van der Waals surface area (Å²) in [6, 6.07) is 8.94. The van der Waals surface area contributed by atoms with Crippen molar-refractivity contribution >= 4 is 33.0 Å². The van der Waals surface area contributed by atoms with Crippen LogP contribution in [0.1, 0.15) is 23.8 Å². The lowest BCUT2D eigenvalue weighted by atomic mass is 10.2. The zero-order valence-corrected chi connectivity index (χ0v) is 19.1. The van der Waals surface area contributed by atoms with Crippen molar-refractivity contribution in [3.05, 3.63) is 40.6 Å². The molecule has 10 heteroatoms. The standard InChI is InChI=1S/C21H27N3O5S2/c1-28-19-7-6-16(31(26,27)24-9-11-29-12-10-24)14-17(19)22-21(25)15-23-8-2-4-18(23)20-5-3-13-30-20/h3,5-7,13-14,18H,2,4,8-12,15H2,1H3,(H,22,25)/t18-/m0/s1. The van der Waals surface area contributed by atoms with E-state index in [2.05, 4.69) is 21.7 Å². The number of hydrogen-bond donors (Lipinski definition) is 1. The molecule has 1 aromatic heterocycles. The topological polar surface area (TPSA) is 88.2 Å². The summed E-state index contributed by atoms with van der Waals surface area (Å²) in [7, 11) is -2.17. The first-order valence-electron chi connectivity index (χ1n) is 10.3. The molecule has 0 saturated carbocycles. The highest BCUT2D eigenvalue weighted by Gasteiger charge is 2.29. The van der Waals surface area contributed by atoms with Gasteiger partial charge in [-0.25, -0.2) is 8.42 Å². The Balaban J connectivity index is 1.49. The molecule has 168 valence electrons. The van der Waals surface area contributed by atoms with Crippen LogP contribution in [0.2, 0.25) is 0 Å². The van der Waals surface area contributed by atoms with E-state index >= 15 is 0 Å². The molecule has 1 atom stereocenters. The molecule has 8 nitrogen and oxygen atoms in total. The van der Waals surface area contributed by atoms with E-state index in [0.717, 1.165) is 19.4 Å². The maximum atomic E-state index is 13.0. The van der Waals surface area contributed by atoms with Crippen LogP contribution < -0.4 is 10.1 Å². The zero-order valence-electron chi connectivity index (χ0n) is 17.5. The number of benzene rings is 1. The molecule has 31 heavy (non-hydrogen) atoms. The van der Waals surface area contributed by atoms with Crippen LogP contribution in [0, 0.1) is 0 Å². The van der Waals surface area contributed by atoms with Crippen molar-refractivity contribution in [2.24, 2.45) is 0 Å². The number of morpholine rings is 1. The molecular formula is C21H27N3O5S2. The third-order valence-corrected chi connectivity index (χ3v) is 8.50. The number of sulfonamides is 1. The molecule has 0 spiro atoms. The van der Waals surface area contributed by atoms with Crippen LogP contribution in [0.4, 0.5) is 5.69 Å². The summed E-state index contributed by atoms with van der Waals surface area (Å²) in [5, 5.41) is 4.91. The Kier molecular flexibility index (Phi) is 6.92. The average Bonchev–Trinajstić information content (AvgIpc) is 3.46. The van der Waals surface area contributed by atoms with E-state index < -0.39 is 10.0 Å². The third-order valence-electron chi connectivity index (χ3n) is 5.63. The highest BCUT2D eigenvalue weighted by molar-refractivity contribution is 7.89. The van der Waals surface area contributed by atoms with Crippen molar-refractivity contribution in [3.63, 3.8) is 0 Å². The van der Waals surface area contributed by atoms with Crippen molar-refractivity contribution in [2.45, 2.75) is 23.8 Å². The van der Waals surface area contributed by atoms with Gasteiger partial charge in [0.05, 0.1) is 37.5 Å². The fourth-order valence-corrected chi connectivity index (χ4v) is 6.40. The Morgan fingerprint density at radius 1 is 1.26 bits per heavy atom. The normalized spacial score (nSPS) is 20.6. The predicted molar refractivity (Wildman–Crippen MR) is 119 cm³/mol. The number of amides is 1. The predicted octanol–water partition coefficient (Wildman–Crippen LogP) is 2.55. The van der Waals surface area contributed by atoms with E-state index in [9.17, 15) is 13.2 Å². The summed E-state index contributed by atoms with van der Waals surface area (Å²) in [6.07, 6.45) is 2.08. The first-order chi connectivity index (χ1) is 15.0. The van der Waals surface area contributed by atoms with Crippen molar-refractivity contribution in [1.82, 2.24) is 9.21 Å².